The van der Waals surface area contributed by atoms with E-state index in [0.29, 0.717) is 12.4 Å². The highest BCUT2D eigenvalue weighted by atomic mass is 16.1. The molecule has 4 aliphatic rings. The number of nitrogens with zero attached hydrogens (tertiary/aromatic N) is 4. The molecule has 22 heavy (non-hydrogen) atoms. The van der Waals surface area contributed by atoms with Crippen LogP contribution < -0.4 is 11.0 Å². The minimum atomic E-state index is -0.0325. The second-order valence-electron chi connectivity index (χ2n) is 5.93. The van der Waals surface area contributed by atoms with E-state index in [-0.39, 0.29) is 11.7 Å². The van der Waals surface area contributed by atoms with Gasteiger partial charge in [0.05, 0.1) is 0 Å². The molecule has 0 spiro atoms. The van der Waals surface area contributed by atoms with Crippen molar-refractivity contribution < 1.29 is 0 Å². The van der Waals surface area contributed by atoms with Gasteiger partial charge in [0.2, 0.25) is 0 Å². The number of allylic oxidation sites excluding steroid dienone is 4. The van der Waals surface area contributed by atoms with Crippen molar-refractivity contribution >= 4 is 11.4 Å². The van der Waals surface area contributed by atoms with Crippen molar-refractivity contribution in [2.24, 2.45) is 7.05 Å². The van der Waals surface area contributed by atoms with E-state index in [9.17, 15) is 4.79 Å². The first-order valence-electron chi connectivity index (χ1n) is 7.79. The Labute approximate surface area is 128 Å². The number of anilines is 1. The lowest BCUT2D eigenvalue weighted by Crippen LogP contribution is -2.30. The van der Waals surface area contributed by atoms with Gasteiger partial charge in [0, 0.05) is 19.6 Å². The summed E-state index contributed by atoms with van der Waals surface area (Å²) in [6.45, 7) is 2.81. The van der Waals surface area contributed by atoms with E-state index in [1.54, 1.807) is 16.2 Å². The predicted octanol–water partition coefficient (Wildman–Crippen LogP) is 2.02. The second kappa shape index (κ2) is 4.83. The number of imidazole rings is 1. The fraction of sp³-hybridized carbons (Fsp3) is 0.438. The highest BCUT2D eigenvalue weighted by Gasteiger charge is 2.30. The van der Waals surface area contributed by atoms with Crippen LogP contribution in [0.25, 0.3) is 17.1 Å². The van der Waals surface area contributed by atoms with Crippen LogP contribution in [-0.4, -0.2) is 25.1 Å². The lowest BCUT2D eigenvalue weighted by atomic mass is 10.1. The first-order valence-corrected chi connectivity index (χ1v) is 7.79. The van der Waals surface area contributed by atoms with Gasteiger partial charge in [0.1, 0.15) is 11.5 Å². The van der Waals surface area contributed by atoms with Crippen LogP contribution in [0.3, 0.4) is 0 Å². The van der Waals surface area contributed by atoms with Gasteiger partial charge in [-0.05, 0) is 24.8 Å². The Morgan fingerprint density at radius 3 is 3.00 bits per heavy atom. The highest BCUT2D eigenvalue weighted by Crippen LogP contribution is 2.33. The van der Waals surface area contributed by atoms with Crippen LogP contribution in [0.1, 0.15) is 32.0 Å². The molecule has 0 fully saturated rings. The van der Waals surface area contributed by atoms with Crippen molar-refractivity contribution in [2.45, 2.75) is 38.8 Å². The Balaban J connectivity index is 1.92. The maximum Gasteiger partial charge on any atom is 0.331 e. The third kappa shape index (κ3) is 1.83. The van der Waals surface area contributed by atoms with Gasteiger partial charge in [-0.25, -0.2) is 14.8 Å². The highest BCUT2D eigenvalue weighted by molar-refractivity contribution is 5.74. The first kappa shape index (κ1) is 13.3. The molecule has 4 rings (SSSR count). The Hall–Kier alpha value is -2.37. The quantitative estimate of drug-likeness (QED) is 0.921. The van der Waals surface area contributed by atoms with Gasteiger partial charge >= 0.3 is 5.69 Å². The third-order valence-electron chi connectivity index (χ3n) is 4.51. The molecule has 1 aliphatic carbocycles. The van der Waals surface area contributed by atoms with Crippen molar-refractivity contribution in [2.75, 3.05) is 5.32 Å². The summed E-state index contributed by atoms with van der Waals surface area (Å²) in [6.07, 6.45) is 9.18. The second-order valence-corrected chi connectivity index (χ2v) is 5.93. The van der Waals surface area contributed by atoms with Gasteiger partial charge in [-0.3, -0.25) is 9.13 Å². The van der Waals surface area contributed by atoms with Crippen molar-refractivity contribution in [1.29, 1.82) is 0 Å². The molecule has 0 unspecified atom stereocenters. The molecule has 0 radical (unpaired) electrons. The molecule has 1 atom stereocenters. The summed E-state index contributed by atoms with van der Waals surface area (Å²) in [4.78, 5) is 21.9. The number of rotatable bonds is 2. The fourth-order valence-corrected chi connectivity index (χ4v) is 3.16. The largest absolute Gasteiger partial charge is 0.365 e. The van der Waals surface area contributed by atoms with Crippen LogP contribution in [-0.2, 0) is 13.6 Å². The van der Waals surface area contributed by atoms with Crippen LogP contribution >= 0.6 is 0 Å². The zero-order valence-electron chi connectivity index (χ0n) is 12.8. The average molecular weight is 297 g/mol. The van der Waals surface area contributed by atoms with Gasteiger partial charge in [0.25, 0.3) is 0 Å². The maximum absolute atomic E-state index is 12.5. The number of nitrogens with one attached hydrogen (secondary N) is 1. The fourth-order valence-electron chi connectivity index (χ4n) is 3.16. The zero-order chi connectivity index (χ0) is 15.3. The third-order valence-corrected chi connectivity index (χ3v) is 4.51. The SMILES string of the molecule is CC[C@@H]1Cn2c(c3nc(C4=CC=CCC4)nc-3n(C)c2=O)N1. The minimum absolute atomic E-state index is 0.0325. The van der Waals surface area contributed by atoms with Crippen LogP contribution in [0.4, 0.5) is 5.82 Å². The Morgan fingerprint density at radius 2 is 2.27 bits per heavy atom. The molecule has 0 aromatic carbocycles. The summed E-state index contributed by atoms with van der Waals surface area (Å²) in [7, 11) is 1.77. The van der Waals surface area contributed by atoms with Gasteiger partial charge < -0.3 is 5.32 Å². The van der Waals surface area contributed by atoms with E-state index >= 15 is 0 Å². The Morgan fingerprint density at radius 1 is 1.41 bits per heavy atom. The summed E-state index contributed by atoms with van der Waals surface area (Å²) in [6, 6.07) is 0.287. The molecule has 6 nitrogen and oxygen atoms in total. The standard InChI is InChI=1S/C16H19N5O/c1-3-11-9-21-15(17-11)12-14(20(2)16(21)22)19-13(18-12)10-7-5-4-6-8-10/h4-5,7,11,17H,3,6,8-9H2,1-2H3/t11-/m1/s1. The smallest absolute Gasteiger partial charge is 0.331 e. The normalized spacial score (nSPS) is 20.1. The summed E-state index contributed by atoms with van der Waals surface area (Å²) < 4.78 is 3.39. The van der Waals surface area contributed by atoms with Gasteiger partial charge in [-0.1, -0.05) is 25.2 Å². The van der Waals surface area contributed by atoms with Crippen LogP contribution in [0.2, 0.25) is 0 Å². The van der Waals surface area contributed by atoms with Crippen molar-refractivity contribution in [3.63, 3.8) is 0 Å². The van der Waals surface area contributed by atoms with E-state index < -0.39 is 0 Å². The first-order chi connectivity index (χ1) is 10.7. The monoisotopic (exact) mass is 297 g/mol. The van der Waals surface area contributed by atoms with Crippen molar-refractivity contribution in [1.82, 2.24) is 19.1 Å². The van der Waals surface area contributed by atoms with Gasteiger partial charge in [0.15, 0.2) is 11.6 Å². The average Bonchev–Trinajstić information content (AvgIpc) is 3.17. The van der Waals surface area contributed by atoms with E-state index in [4.69, 9.17) is 4.98 Å². The molecule has 0 amide bonds. The topological polar surface area (TPSA) is 64.7 Å². The number of aromatic nitrogens is 4. The molecule has 0 aromatic heterocycles. The van der Waals surface area contributed by atoms with Gasteiger partial charge in [-0.2, -0.15) is 0 Å². The lowest BCUT2D eigenvalue weighted by molar-refractivity contribution is 0.590. The maximum atomic E-state index is 12.5. The van der Waals surface area contributed by atoms with E-state index in [0.717, 1.165) is 42.2 Å². The zero-order valence-corrected chi connectivity index (χ0v) is 12.8. The van der Waals surface area contributed by atoms with Crippen LogP contribution in [0.5, 0.6) is 0 Å². The molecule has 6 heteroatoms. The molecule has 3 heterocycles. The predicted molar refractivity (Wildman–Crippen MR) is 85.9 cm³/mol. The van der Waals surface area contributed by atoms with Crippen molar-refractivity contribution in [3.8, 4) is 11.5 Å². The number of hydrogen-bond acceptors (Lipinski definition) is 4. The van der Waals surface area contributed by atoms with Crippen LogP contribution in [0, 0.1) is 0 Å². The lowest BCUT2D eigenvalue weighted by Gasteiger charge is -2.10. The molecule has 0 bridgehead atoms. The molecular formula is C16H19N5O. The summed E-state index contributed by atoms with van der Waals surface area (Å²) in [5.41, 5.74) is 1.90. The Bertz CT molecular complexity index is 826. The molecule has 0 saturated heterocycles. The van der Waals surface area contributed by atoms with E-state index in [2.05, 4.69) is 29.4 Å². The Kier molecular flexibility index (Phi) is 2.92. The molecule has 0 saturated carbocycles. The summed E-state index contributed by atoms with van der Waals surface area (Å²) in [5.74, 6) is 2.21. The van der Waals surface area contributed by atoms with Crippen molar-refractivity contribution in [3.05, 3.63) is 34.5 Å². The molecule has 1 N–H and O–H groups in total. The molecule has 114 valence electrons. The minimum Gasteiger partial charge on any atom is -0.365 e. The molecular weight excluding hydrogens is 278 g/mol. The van der Waals surface area contributed by atoms with E-state index in [1.807, 2.05) is 6.08 Å². The number of hydrogen-bond donors (Lipinski definition) is 1. The number of fused-ring (bicyclic) bond motifs is 3. The van der Waals surface area contributed by atoms with Gasteiger partial charge in [-0.15, -0.1) is 0 Å². The van der Waals surface area contributed by atoms with Crippen LogP contribution in [0.15, 0.2) is 23.0 Å². The molecule has 3 aliphatic heterocycles. The molecule has 0 aromatic rings. The summed E-state index contributed by atoms with van der Waals surface area (Å²) >= 11 is 0. The van der Waals surface area contributed by atoms with E-state index in [1.165, 1.54) is 0 Å². The summed E-state index contributed by atoms with van der Waals surface area (Å²) in [5, 5.41) is 3.43.